The highest BCUT2D eigenvalue weighted by molar-refractivity contribution is 5.74. The molecule has 4 N–H and O–H groups in total. The van der Waals surface area contributed by atoms with Crippen molar-refractivity contribution in [1.29, 1.82) is 0 Å². The molecule has 0 unspecified atom stereocenters. The number of nitrogens with two attached hydrogens (primary N) is 2. The van der Waals surface area contributed by atoms with Crippen molar-refractivity contribution in [2.45, 2.75) is 26.7 Å². The van der Waals surface area contributed by atoms with Gasteiger partial charge in [-0.25, -0.2) is 9.59 Å². The Labute approximate surface area is 90.2 Å². The van der Waals surface area contributed by atoms with E-state index in [4.69, 9.17) is 11.5 Å². The summed E-state index contributed by atoms with van der Waals surface area (Å²) in [6.45, 7) is 5.10. The molecule has 0 rings (SSSR count). The zero-order valence-electron chi connectivity index (χ0n) is 9.40. The minimum absolute atomic E-state index is 0.173. The smallest absolute Gasteiger partial charge is 0.316 e. The fourth-order valence-electron chi connectivity index (χ4n) is 1.25. The average molecular weight is 216 g/mol. The summed E-state index contributed by atoms with van der Waals surface area (Å²) >= 11 is 0. The Morgan fingerprint density at radius 1 is 0.933 bits per heavy atom. The molecule has 0 aliphatic carbocycles. The van der Waals surface area contributed by atoms with E-state index < -0.39 is 12.1 Å². The van der Waals surface area contributed by atoms with E-state index in [0.29, 0.717) is 13.1 Å². The highest BCUT2D eigenvalue weighted by Gasteiger charge is 2.15. The minimum Gasteiger partial charge on any atom is -0.351 e. The van der Waals surface area contributed by atoms with E-state index in [1.165, 1.54) is 9.80 Å². The van der Waals surface area contributed by atoms with E-state index in [0.717, 1.165) is 12.8 Å². The van der Waals surface area contributed by atoms with Crippen LogP contribution in [-0.2, 0) is 0 Å². The minimum atomic E-state index is -0.529. The van der Waals surface area contributed by atoms with Crippen LogP contribution in [0.5, 0.6) is 0 Å². The van der Waals surface area contributed by atoms with E-state index in [9.17, 15) is 9.59 Å². The first-order valence-corrected chi connectivity index (χ1v) is 5.11. The van der Waals surface area contributed by atoms with Gasteiger partial charge in [-0.1, -0.05) is 13.8 Å². The third-order valence-corrected chi connectivity index (χ3v) is 1.95. The summed E-state index contributed by atoms with van der Waals surface area (Å²) in [5.41, 5.74) is 10.4. The first-order valence-electron chi connectivity index (χ1n) is 5.11. The van der Waals surface area contributed by atoms with E-state index in [1.54, 1.807) is 0 Å². The van der Waals surface area contributed by atoms with Crippen LogP contribution in [0, 0.1) is 0 Å². The molecule has 6 heteroatoms. The lowest BCUT2D eigenvalue weighted by atomic mass is 10.4. The zero-order valence-corrected chi connectivity index (χ0v) is 9.40. The zero-order chi connectivity index (χ0) is 11.8. The van der Waals surface area contributed by atoms with Gasteiger partial charge in [-0.2, -0.15) is 0 Å². The Kier molecular flexibility index (Phi) is 6.24. The molecule has 0 aliphatic heterocycles. The van der Waals surface area contributed by atoms with Crippen LogP contribution in [0.3, 0.4) is 0 Å². The fourth-order valence-corrected chi connectivity index (χ4v) is 1.25. The second kappa shape index (κ2) is 6.92. The molecular formula is C9H20N4O2. The van der Waals surface area contributed by atoms with Gasteiger partial charge < -0.3 is 21.3 Å². The molecule has 0 saturated heterocycles. The number of primary amides is 2. The van der Waals surface area contributed by atoms with Crippen LogP contribution in [0.4, 0.5) is 9.59 Å². The number of hydrogen-bond donors (Lipinski definition) is 2. The maximum absolute atomic E-state index is 11.0. The SMILES string of the molecule is CCCN(CN(CCC)C(N)=O)C(N)=O. The fraction of sp³-hybridized carbons (Fsp3) is 0.778. The topological polar surface area (TPSA) is 92.7 Å². The van der Waals surface area contributed by atoms with Gasteiger partial charge in [0, 0.05) is 13.1 Å². The molecule has 0 aromatic carbocycles. The molecule has 0 aromatic heterocycles. The molecule has 0 heterocycles. The van der Waals surface area contributed by atoms with Gasteiger partial charge >= 0.3 is 12.1 Å². The van der Waals surface area contributed by atoms with Crippen LogP contribution in [0.1, 0.15) is 26.7 Å². The molecule has 0 radical (unpaired) electrons. The maximum Gasteiger partial charge on any atom is 0.316 e. The van der Waals surface area contributed by atoms with Crippen molar-refractivity contribution >= 4 is 12.1 Å². The van der Waals surface area contributed by atoms with Crippen molar-refractivity contribution in [3.8, 4) is 0 Å². The van der Waals surface area contributed by atoms with Crippen LogP contribution in [0.15, 0.2) is 0 Å². The summed E-state index contributed by atoms with van der Waals surface area (Å²) in [6.07, 6.45) is 1.59. The van der Waals surface area contributed by atoms with Crippen LogP contribution in [0.2, 0.25) is 0 Å². The second-order valence-corrected chi connectivity index (χ2v) is 3.34. The van der Waals surface area contributed by atoms with Gasteiger partial charge in [-0.05, 0) is 12.8 Å². The Bertz CT molecular complexity index is 198. The lowest BCUT2D eigenvalue weighted by Crippen LogP contribution is -2.48. The lowest BCUT2D eigenvalue weighted by molar-refractivity contribution is 0.153. The number of carbonyl (C=O) groups is 2. The van der Waals surface area contributed by atoms with Crippen molar-refractivity contribution in [2.75, 3.05) is 19.8 Å². The van der Waals surface area contributed by atoms with Gasteiger partial charge in [0.15, 0.2) is 0 Å². The van der Waals surface area contributed by atoms with E-state index >= 15 is 0 Å². The van der Waals surface area contributed by atoms with Gasteiger partial charge in [-0.15, -0.1) is 0 Å². The standard InChI is InChI=1S/C9H20N4O2/c1-3-5-12(8(10)14)7-13(6-4-2)9(11)15/h3-7H2,1-2H3,(H2,10,14)(H2,11,15). The summed E-state index contributed by atoms with van der Waals surface area (Å²) in [5.74, 6) is 0. The van der Waals surface area contributed by atoms with Crippen molar-refractivity contribution < 1.29 is 9.59 Å². The highest BCUT2D eigenvalue weighted by Crippen LogP contribution is 1.97. The Balaban J connectivity index is 4.32. The molecule has 0 aliphatic rings. The van der Waals surface area contributed by atoms with Gasteiger partial charge in [0.25, 0.3) is 0 Å². The molecule has 0 saturated carbocycles. The molecule has 88 valence electrons. The number of urea groups is 2. The lowest BCUT2D eigenvalue weighted by Gasteiger charge is -2.27. The average Bonchev–Trinajstić information content (AvgIpc) is 2.15. The number of carbonyl (C=O) groups excluding carboxylic acids is 2. The number of rotatable bonds is 6. The summed E-state index contributed by atoms with van der Waals surface area (Å²) in [4.78, 5) is 24.8. The second-order valence-electron chi connectivity index (χ2n) is 3.34. The normalized spacial score (nSPS) is 9.73. The first-order chi connectivity index (χ1) is 7.02. The predicted molar refractivity (Wildman–Crippen MR) is 58.0 cm³/mol. The first kappa shape index (κ1) is 13.5. The van der Waals surface area contributed by atoms with Crippen LogP contribution < -0.4 is 11.5 Å². The third-order valence-electron chi connectivity index (χ3n) is 1.95. The van der Waals surface area contributed by atoms with E-state index in [2.05, 4.69) is 0 Å². The van der Waals surface area contributed by atoms with E-state index in [-0.39, 0.29) is 6.67 Å². The Morgan fingerprint density at radius 2 is 1.27 bits per heavy atom. The molecule has 0 fully saturated rings. The van der Waals surface area contributed by atoms with Crippen LogP contribution in [-0.4, -0.2) is 41.6 Å². The summed E-state index contributed by atoms with van der Waals surface area (Å²) in [5, 5.41) is 0. The summed E-state index contributed by atoms with van der Waals surface area (Å²) in [7, 11) is 0. The molecular weight excluding hydrogens is 196 g/mol. The summed E-state index contributed by atoms with van der Waals surface area (Å²) < 4.78 is 0. The summed E-state index contributed by atoms with van der Waals surface area (Å²) in [6, 6.07) is -1.06. The molecule has 0 spiro atoms. The Hall–Kier alpha value is -1.46. The van der Waals surface area contributed by atoms with Gasteiger partial charge in [0.2, 0.25) is 0 Å². The van der Waals surface area contributed by atoms with Crippen molar-refractivity contribution in [3.63, 3.8) is 0 Å². The monoisotopic (exact) mass is 216 g/mol. The van der Waals surface area contributed by atoms with Crippen molar-refractivity contribution in [1.82, 2.24) is 9.80 Å². The molecule has 0 bridgehead atoms. The van der Waals surface area contributed by atoms with E-state index in [1.807, 2.05) is 13.8 Å². The molecule has 4 amide bonds. The molecule has 0 aromatic rings. The number of nitrogens with zero attached hydrogens (tertiary/aromatic N) is 2. The predicted octanol–water partition coefficient (Wildman–Crippen LogP) is 0.525. The molecule has 0 atom stereocenters. The maximum atomic E-state index is 11.0. The number of hydrogen-bond acceptors (Lipinski definition) is 2. The highest BCUT2D eigenvalue weighted by atomic mass is 16.2. The largest absolute Gasteiger partial charge is 0.351 e. The quantitative estimate of drug-likeness (QED) is 0.633. The van der Waals surface area contributed by atoms with Crippen molar-refractivity contribution in [3.05, 3.63) is 0 Å². The Morgan fingerprint density at radius 3 is 1.47 bits per heavy atom. The van der Waals surface area contributed by atoms with Crippen LogP contribution in [0.25, 0.3) is 0 Å². The molecule has 6 nitrogen and oxygen atoms in total. The van der Waals surface area contributed by atoms with Crippen molar-refractivity contribution in [2.24, 2.45) is 11.5 Å². The van der Waals surface area contributed by atoms with Crippen LogP contribution >= 0.6 is 0 Å². The van der Waals surface area contributed by atoms with Gasteiger partial charge in [0.05, 0.1) is 6.67 Å². The third kappa shape index (κ3) is 5.09. The van der Waals surface area contributed by atoms with Gasteiger partial charge in [-0.3, -0.25) is 0 Å². The molecule has 15 heavy (non-hydrogen) atoms. The number of amides is 4. The van der Waals surface area contributed by atoms with Gasteiger partial charge in [0.1, 0.15) is 0 Å².